The number of nitriles is 2. The summed E-state index contributed by atoms with van der Waals surface area (Å²) < 4.78 is -1.05. The van der Waals surface area contributed by atoms with E-state index in [1.165, 1.54) is 11.3 Å². The van der Waals surface area contributed by atoms with Crippen molar-refractivity contribution in [1.29, 1.82) is 10.5 Å². The van der Waals surface area contributed by atoms with Crippen LogP contribution in [0, 0.1) is 29.6 Å². The molecule has 8 heteroatoms. The number of rotatable bonds is 1. The zero-order valence-corrected chi connectivity index (χ0v) is 12.9. The molecule has 0 aliphatic heterocycles. The van der Waals surface area contributed by atoms with Crippen molar-refractivity contribution in [3.8, 4) is 12.1 Å². The van der Waals surface area contributed by atoms with Gasteiger partial charge in [0, 0.05) is 0 Å². The van der Waals surface area contributed by atoms with E-state index in [9.17, 15) is 0 Å². The Morgan fingerprint density at radius 3 is 2.00 bits per heavy atom. The molecule has 1 rings (SSSR count). The summed E-state index contributed by atoms with van der Waals surface area (Å²) in [7, 11) is 0. The molecule has 0 radical (unpaired) electrons. The Hall–Kier alpha value is -0.0200. The second-order valence-corrected chi connectivity index (χ2v) is 10.5. The van der Waals surface area contributed by atoms with Crippen LogP contribution >= 0.6 is 59.1 Å². The van der Waals surface area contributed by atoms with E-state index in [4.69, 9.17) is 10.5 Å². The van der Waals surface area contributed by atoms with Gasteiger partial charge in [-0.15, -0.1) is 10.2 Å². The van der Waals surface area contributed by atoms with Gasteiger partial charge in [-0.05, 0) is 6.92 Å². The fraction of sp³-hybridized carbons (Fsp3) is 0.429. The highest BCUT2D eigenvalue weighted by molar-refractivity contribution is 9.39. The van der Waals surface area contributed by atoms with Crippen LogP contribution in [0.2, 0.25) is 0 Å². The molecule has 0 unspecified atom stereocenters. The van der Waals surface area contributed by atoms with Crippen LogP contribution in [0.5, 0.6) is 0 Å². The molecule has 0 N–H and O–H groups in total. The first-order chi connectivity index (χ1) is 6.87. The van der Waals surface area contributed by atoms with Gasteiger partial charge in [0.05, 0.1) is 12.1 Å². The lowest BCUT2D eigenvalue weighted by Gasteiger charge is -2.24. The minimum Gasteiger partial charge on any atom is -0.196 e. The van der Waals surface area contributed by atoms with Gasteiger partial charge in [0.25, 0.3) is 0 Å². The summed E-state index contributed by atoms with van der Waals surface area (Å²) in [6.45, 7) is 1.76. The topological polar surface area (TPSA) is 73.4 Å². The van der Waals surface area contributed by atoms with Crippen LogP contribution in [0.3, 0.4) is 0 Å². The highest BCUT2D eigenvalue weighted by atomic mass is 80.0. The molecule has 0 atom stereocenters. The molecular weight excluding hydrogens is 412 g/mol. The van der Waals surface area contributed by atoms with E-state index < -0.39 is 7.56 Å². The molecule has 0 aliphatic carbocycles. The van der Waals surface area contributed by atoms with Gasteiger partial charge < -0.3 is 0 Å². The van der Waals surface area contributed by atoms with Gasteiger partial charge in [-0.1, -0.05) is 59.1 Å². The number of hydrogen-bond acceptors (Lipinski definition) is 5. The Bertz CT molecular complexity index is 436. The Balaban J connectivity index is 3.40. The summed E-state index contributed by atoms with van der Waals surface area (Å²) in [6, 6.07) is 3.88. The van der Waals surface area contributed by atoms with Crippen molar-refractivity contribution >= 4 is 59.1 Å². The fourth-order valence-electron chi connectivity index (χ4n) is 0.817. The van der Waals surface area contributed by atoms with Crippen molar-refractivity contribution in [3.63, 3.8) is 0 Å². The second kappa shape index (κ2) is 4.46. The largest absolute Gasteiger partial charge is 0.231 e. The summed E-state index contributed by atoms with van der Waals surface area (Å²) in [4.78, 5) is 0. The molecule has 0 aromatic carbocycles. The molecule has 0 saturated carbocycles. The first-order valence-corrected chi connectivity index (χ1v) is 6.77. The normalized spacial score (nSPS) is 11.9. The molecule has 0 amide bonds. The maximum absolute atomic E-state index is 9.15. The van der Waals surface area contributed by atoms with E-state index in [0.717, 1.165) is 0 Å². The summed E-state index contributed by atoms with van der Waals surface area (Å²) in [5, 5.41) is 27.0. The zero-order chi connectivity index (χ0) is 11.7. The molecule has 0 fully saturated rings. The molecular formula is C7H3Br3N4S. The van der Waals surface area contributed by atoms with Gasteiger partial charge in [0.2, 0.25) is 5.41 Å². The molecule has 1 aromatic rings. The zero-order valence-electron chi connectivity index (χ0n) is 7.33. The first-order valence-electron chi connectivity index (χ1n) is 3.57. The van der Waals surface area contributed by atoms with E-state index in [2.05, 4.69) is 58.0 Å². The van der Waals surface area contributed by atoms with Gasteiger partial charge in [0.15, 0.2) is 7.15 Å². The van der Waals surface area contributed by atoms with Gasteiger partial charge in [-0.3, -0.25) is 0 Å². The molecule has 15 heavy (non-hydrogen) atoms. The van der Waals surface area contributed by atoms with Crippen molar-refractivity contribution in [2.24, 2.45) is 0 Å². The van der Waals surface area contributed by atoms with Crippen molar-refractivity contribution in [1.82, 2.24) is 10.2 Å². The molecule has 1 heterocycles. The molecule has 0 saturated heterocycles. The second-order valence-electron chi connectivity index (χ2n) is 2.60. The maximum atomic E-state index is 9.15. The van der Waals surface area contributed by atoms with Crippen molar-refractivity contribution in [2.45, 2.75) is 14.5 Å². The third-order valence-electron chi connectivity index (χ3n) is 1.61. The lowest BCUT2D eigenvalue weighted by molar-refractivity contribution is 0.739. The van der Waals surface area contributed by atoms with E-state index in [0.29, 0.717) is 10.0 Å². The van der Waals surface area contributed by atoms with Crippen LogP contribution in [0.4, 0.5) is 0 Å². The third kappa shape index (κ3) is 2.23. The maximum Gasteiger partial charge on any atom is 0.231 e. The number of nitrogens with zero attached hydrogens (tertiary/aromatic N) is 4. The van der Waals surface area contributed by atoms with Crippen molar-refractivity contribution in [3.05, 3.63) is 10.0 Å². The lowest BCUT2D eigenvalue weighted by atomic mass is 9.96. The SMILES string of the molecule is Cc1nnc(C(C#N)(C#N)C(Br)(Br)Br)s1. The quantitative estimate of drug-likeness (QED) is 0.662. The minimum atomic E-state index is -1.46. The highest BCUT2D eigenvalue weighted by Crippen LogP contribution is 2.50. The van der Waals surface area contributed by atoms with E-state index in [1.54, 1.807) is 6.92 Å². The highest BCUT2D eigenvalue weighted by Gasteiger charge is 2.52. The average molecular weight is 415 g/mol. The Morgan fingerprint density at radius 2 is 1.73 bits per heavy atom. The summed E-state index contributed by atoms with van der Waals surface area (Å²) in [6.07, 6.45) is 0. The number of aromatic nitrogens is 2. The van der Waals surface area contributed by atoms with Crippen LogP contribution in [-0.4, -0.2) is 12.3 Å². The summed E-state index contributed by atoms with van der Waals surface area (Å²) >= 11 is 10.8. The molecule has 0 bridgehead atoms. The Labute approximate surface area is 116 Å². The number of halogens is 3. The monoisotopic (exact) mass is 412 g/mol. The number of aryl methyl sites for hydroxylation is 1. The van der Waals surface area contributed by atoms with Gasteiger partial charge >= 0.3 is 0 Å². The van der Waals surface area contributed by atoms with Gasteiger partial charge in [-0.25, -0.2) is 0 Å². The smallest absolute Gasteiger partial charge is 0.196 e. The molecule has 0 aliphatic rings. The Kier molecular flexibility index (Phi) is 3.88. The minimum absolute atomic E-state index is 0.343. The lowest BCUT2D eigenvalue weighted by Crippen LogP contribution is -2.35. The molecule has 0 spiro atoms. The van der Waals surface area contributed by atoms with Crippen LogP contribution in [0.25, 0.3) is 0 Å². The standard InChI is InChI=1S/C7H3Br3N4S/c1-4-13-14-5(15-4)6(2-11,3-12)7(8,9)10/h1H3. The van der Waals surface area contributed by atoms with E-state index in [-0.39, 0.29) is 0 Å². The molecule has 78 valence electrons. The average Bonchev–Trinajstić information content (AvgIpc) is 2.53. The summed E-state index contributed by atoms with van der Waals surface area (Å²) in [5.41, 5.74) is -1.46. The number of alkyl halides is 3. The van der Waals surface area contributed by atoms with Crippen LogP contribution in [0.1, 0.15) is 10.0 Å². The van der Waals surface area contributed by atoms with Gasteiger partial charge in [0.1, 0.15) is 5.01 Å². The predicted molar refractivity (Wildman–Crippen MR) is 67.1 cm³/mol. The number of hydrogen-bond donors (Lipinski definition) is 0. The molecule has 1 aromatic heterocycles. The first kappa shape index (κ1) is 13.0. The van der Waals surface area contributed by atoms with Crippen molar-refractivity contribution < 1.29 is 0 Å². The molecule has 4 nitrogen and oxygen atoms in total. The Morgan fingerprint density at radius 1 is 1.20 bits per heavy atom. The van der Waals surface area contributed by atoms with Crippen molar-refractivity contribution in [2.75, 3.05) is 0 Å². The fourth-order valence-corrected chi connectivity index (χ4v) is 3.15. The predicted octanol–water partition coefficient (Wildman–Crippen LogP) is 2.97. The van der Waals surface area contributed by atoms with Gasteiger partial charge in [-0.2, -0.15) is 10.5 Å². The third-order valence-corrected chi connectivity index (χ3v) is 4.35. The van der Waals surface area contributed by atoms with Crippen LogP contribution < -0.4 is 0 Å². The van der Waals surface area contributed by atoms with Crippen LogP contribution in [-0.2, 0) is 5.41 Å². The van der Waals surface area contributed by atoms with E-state index >= 15 is 0 Å². The van der Waals surface area contributed by atoms with Crippen LogP contribution in [0.15, 0.2) is 0 Å². The van der Waals surface area contributed by atoms with E-state index in [1.807, 2.05) is 12.1 Å². The summed E-state index contributed by atoms with van der Waals surface area (Å²) in [5.74, 6) is 0.